The number of aromatic nitrogens is 2. The van der Waals surface area contributed by atoms with Crippen LogP contribution in [0.4, 0.5) is 0 Å². The van der Waals surface area contributed by atoms with Crippen molar-refractivity contribution in [3.05, 3.63) is 31.4 Å². The van der Waals surface area contributed by atoms with Crippen LogP contribution >= 0.6 is 0 Å². The van der Waals surface area contributed by atoms with Gasteiger partial charge < -0.3 is 0 Å². The Hall–Kier alpha value is -1.05. The Morgan fingerprint density at radius 2 is 1.63 bits per heavy atom. The van der Waals surface area contributed by atoms with Crippen LogP contribution in [0, 0.1) is 0 Å². The molecule has 2 nitrogen and oxygen atoms in total. The molecule has 1 rings (SSSR count). The number of rotatable bonds is 12. The van der Waals surface area contributed by atoms with Gasteiger partial charge in [0.1, 0.15) is 18.9 Å². The average molecular weight is 263 g/mol. The van der Waals surface area contributed by atoms with Crippen LogP contribution in [-0.4, -0.2) is 4.57 Å². The lowest BCUT2D eigenvalue weighted by Gasteiger charge is -2.01. The zero-order chi connectivity index (χ0) is 13.8. The summed E-state index contributed by atoms with van der Waals surface area (Å²) in [5.41, 5.74) is 0. The molecule has 2 heteroatoms. The van der Waals surface area contributed by atoms with Gasteiger partial charge in [-0.15, -0.1) is 0 Å². The van der Waals surface area contributed by atoms with E-state index in [0.717, 1.165) is 13.1 Å². The number of hydrogen-bond acceptors (Lipinski definition) is 0. The van der Waals surface area contributed by atoms with Gasteiger partial charge in [-0.1, -0.05) is 64.5 Å². The van der Waals surface area contributed by atoms with Gasteiger partial charge in [0, 0.05) is 0 Å². The Morgan fingerprint density at radius 3 is 2.26 bits per heavy atom. The summed E-state index contributed by atoms with van der Waals surface area (Å²) < 4.78 is 4.45. The van der Waals surface area contributed by atoms with Gasteiger partial charge in [0.05, 0.1) is 6.54 Å². The average Bonchev–Trinajstić information content (AvgIpc) is 2.85. The van der Waals surface area contributed by atoms with Gasteiger partial charge in [-0.2, -0.15) is 0 Å². The van der Waals surface area contributed by atoms with Gasteiger partial charge in [-0.3, -0.25) is 0 Å². The quantitative estimate of drug-likeness (QED) is 0.298. The lowest BCUT2D eigenvalue weighted by Crippen LogP contribution is -2.30. The molecular weight excluding hydrogens is 232 g/mol. The van der Waals surface area contributed by atoms with E-state index in [-0.39, 0.29) is 0 Å². The predicted molar refractivity (Wildman–Crippen MR) is 82.1 cm³/mol. The van der Waals surface area contributed by atoms with Crippen molar-refractivity contribution >= 4 is 0 Å². The van der Waals surface area contributed by atoms with Gasteiger partial charge >= 0.3 is 0 Å². The van der Waals surface area contributed by atoms with Crippen LogP contribution in [0.2, 0.25) is 0 Å². The molecule has 108 valence electrons. The first-order chi connectivity index (χ1) is 9.36. The monoisotopic (exact) mass is 263 g/mol. The number of unbranched alkanes of at least 4 members (excludes halogenated alkanes) is 8. The van der Waals surface area contributed by atoms with Crippen molar-refractivity contribution in [1.82, 2.24) is 4.57 Å². The topological polar surface area (TPSA) is 8.81 Å². The summed E-state index contributed by atoms with van der Waals surface area (Å²) in [6.45, 7) is 8.10. The lowest BCUT2D eigenvalue weighted by atomic mass is 10.1. The molecule has 0 aliphatic heterocycles. The molecule has 0 radical (unpaired) electrons. The maximum atomic E-state index is 3.76. The SMILES string of the molecule is C=CCn1cc[n+](CCCCCCCCCCC)c1. The molecule has 0 saturated carbocycles. The second-order valence-electron chi connectivity index (χ2n) is 5.47. The Balaban J connectivity index is 1.93. The number of nitrogens with zero attached hydrogens (tertiary/aromatic N) is 2. The first-order valence-electron chi connectivity index (χ1n) is 8.02. The molecule has 0 bridgehead atoms. The minimum atomic E-state index is 0.908. The summed E-state index contributed by atoms with van der Waals surface area (Å²) in [6.07, 6.45) is 21.0. The highest BCUT2D eigenvalue weighted by Crippen LogP contribution is 2.09. The molecule has 19 heavy (non-hydrogen) atoms. The summed E-state index contributed by atoms with van der Waals surface area (Å²) in [5, 5.41) is 0. The van der Waals surface area contributed by atoms with E-state index in [2.05, 4.69) is 41.4 Å². The molecule has 0 saturated heterocycles. The fraction of sp³-hybridized carbons (Fsp3) is 0.706. The van der Waals surface area contributed by atoms with E-state index in [0.29, 0.717) is 0 Å². The minimum absolute atomic E-state index is 0.908. The van der Waals surface area contributed by atoms with E-state index in [1.165, 1.54) is 57.8 Å². The van der Waals surface area contributed by atoms with Crippen LogP contribution in [-0.2, 0) is 13.1 Å². The van der Waals surface area contributed by atoms with Crippen LogP contribution in [0.15, 0.2) is 31.4 Å². The van der Waals surface area contributed by atoms with Crippen molar-refractivity contribution in [2.24, 2.45) is 0 Å². The van der Waals surface area contributed by atoms with E-state index in [1.54, 1.807) is 0 Å². The maximum Gasteiger partial charge on any atom is 0.244 e. The molecule has 0 aliphatic carbocycles. The molecule has 1 heterocycles. The van der Waals surface area contributed by atoms with Crippen molar-refractivity contribution in [2.75, 3.05) is 0 Å². The zero-order valence-corrected chi connectivity index (χ0v) is 12.7. The molecular formula is C17H31N2+. The molecule has 1 aromatic rings. The predicted octanol–water partition coefficient (Wildman–Crippen LogP) is 4.49. The van der Waals surface area contributed by atoms with Crippen molar-refractivity contribution in [2.45, 2.75) is 77.8 Å². The maximum absolute atomic E-state index is 3.76. The van der Waals surface area contributed by atoms with Crippen molar-refractivity contribution in [3.63, 3.8) is 0 Å². The van der Waals surface area contributed by atoms with Gasteiger partial charge in [0.2, 0.25) is 6.33 Å². The largest absolute Gasteiger partial charge is 0.244 e. The molecule has 0 fully saturated rings. The summed E-state index contributed by atoms with van der Waals surface area (Å²) in [6, 6.07) is 0. The molecule has 0 aliphatic rings. The summed E-state index contributed by atoms with van der Waals surface area (Å²) in [5.74, 6) is 0. The third-order valence-corrected chi connectivity index (χ3v) is 3.61. The number of aryl methyl sites for hydroxylation is 1. The van der Waals surface area contributed by atoms with Crippen LogP contribution in [0.5, 0.6) is 0 Å². The lowest BCUT2D eigenvalue weighted by molar-refractivity contribution is -0.696. The van der Waals surface area contributed by atoms with E-state index in [4.69, 9.17) is 0 Å². The fourth-order valence-electron chi connectivity index (χ4n) is 2.43. The van der Waals surface area contributed by atoms with E-state index >= 15 is 0 Å². The molecule has 0 unspecified atom stereocenters. The highest BCUT2D eigenvalue weighted by atomic mass is 15.1. The van der Waals surface area contributed by atoms with Gasteiger partial charge in [0.25, 0.3) is 0 Å². The third-order valence-electron chi connectivity index (χ3n) is 3.61. The molecule has 0 aromatic carbocycles. The van der Waals surface area contributed by atoms with Crippen LogP contribution < -0.4 is 4.57 Å². The summed E-state index contributed by atoms with van der Waals surface area (Å²) in [7, 11) is 0. The van der Waals surface area contributed by atoms with Crippen LogP contribution in [0.25, 0.3) is 0 Å². The van der Waals surface area contributed by atoms with Gasteiger partial charge in [-0.25, -0.2) is 9.13 Å². The van der Waals surface area contributed by atoms with Crippen LogP contribution in [0.3, 0.4) is 0 Å². The van der Waals surface area contributed by atoms with E-state index in [9.17, 15) is 0 Å². The van der Waals surface area contributed by atoms with Crippen molar-refractivity contribution < 1.29 is 4.57 Å². The van der Waals surface area contributed by atoms with Crippen molar-refractivity contribution in [3.8, 4) is 0 Å². The Kier molecular flexibility index (Phi) is 9.13. The standard InChI is InChI=1S/C17H31N2/c1-3-5-6-7-8-9-10-11-12-14-19-16-15-18(17-19)13-4-2/h4,15-17H,2-3,5-14H2,1H3/q+1. The summed E-state index contributed by atoms with van der Waals surface area (Å²) in [4.78, 5) is 0. The molecule has 0 atom stereocenters. The first kappa shape index (κ1) is 16.0. The fourth-order valence-corrected chi connectivity index (χ4v) is 2.43. The zero-order valence-electron chi connectivity index (χ0n) is 12.7. The van der Waals surface area contributed by atoms with Gasteiger partial charge in [-0.05, 0) is 12.8 Å². The summed E-state index contributed by atoms with van der Waals surface area (Å²) >= 11 is 0. The Morgan fingerprint density at radius 1 is 1.00 bits per heavy atom. The first-order valence-corrected chi connectivity index (χ1v) is 8.02. The Labute approximate surface area is 119 Å². The van der Waals surface area contributed by atoms with E-state index in [1.807, 2.05) is 6.08 Å². The van der Waals surface area contributed by atoms with Crippen LogP contribution in [0.1, 0.15) is 64.7 Å². The second-order valence-corrected chi connectivity index (χ2v) is 5.47. The second kappa shape index (κ2) is 10.8. The molecule has 0 N–H and O–H groups in total. The number of allylic oxidation sites excluding steroid dienone is 1. The highest BCUT2D eigenvalue weighted by Gasteiger charge is 2.01. The van der Waals surface area contributed by atoms with Crippen molar-refractivity contribution in [1.29, 1.82) is 0 Å². The normalized spacial score (nSPS) is 10.8. The van der Waals surface area contributed by atoms with E-state index < -0.39 is 0 Å². The smallest absolute Gasteiger partial charge is 0.237 e. The highest BCUT2D eigenvalue weighted by molar-refractivity contribution is 4.73. The Bertz CT molecular complexity index is 328. The molecule has 0 spiro atoms. The van der Waals surface area contributed by atoms with Gasteiger partial charge in [0.15, 0.2) is 0 Å². The molecule has 0 amide bonds. The molecule has 1 aromatic heterocycles. The minimum Gasteiger partial charge on any atom is -0.237 e. The number of hydrogen-bond donors (Lipinski definition) is 0. The third kappa shape index (κ3) is 7.86. The number of imidazole rings is 1.